The van der Waals surface area contributed by atoms with E-state index in [4.69, 9.17) is 27.9 Å². The first-order chi connectivity index (χ1) is 17.4. The van der Waals surface area contributed by atoms with Crippen molar-refractivity contribution in [2.45, 2.75) is 25.4 Å². The minimum atomic E-state index is -0.813. The number of halogens is 2. The number of nitrogens with zero attached hydrogens (tertiary/aromatic N) is 2. The zero-order chi connectivity index (χ0) is 25.7. The smallest absolute Gasteiger partial charge is 0.308 e. The number of fused-ring (bicyclic) bond motifs is 1. The molecule has 3 atom stereocenters. The molecule has 0 radical (unpaired) electrons. The van der Waals surface area contributed by atoms with E-state index in [2.05, 4.69) is 21.7 Å². The molecule has 1 fully saturated rings. The van der Waals surface area contributed by atoms with Gasteiger partial charge in [-0.15, -0.1) is 0 Å². The monoisotopic (exact) mass is 526 g/mol. The lowest BCUT2D eigenvalue weighted by Gasteiger charge is -2.36. The number of aliphatic carboxylic acids is 1. The van der Waals surface area contributed by atoms with Crippen LogP contribution in [0.15, 0.2) is 48.7 Å². The molecule has 4 rings (SSSR count). The number of ether oxygens (including phenoxy) is 1. The molecule has 2 N–H and O–H groups in total. The normalized spacial score (nSPS) is 18.9. The summed E-state index contributed by atoms with van der Waals surface area (Å²) in [4.78, 5) is 18.5. The van der Waals surface area contributed by atoms with Gasteiger partial charge in [-0.25, -0.2) is 0 Å². The SMILES string of the molecule is COc1ccc2nccc([C@@H](O)CC[C@@H]3CCN(CC#Cc4ccc(Cl)cc4Cl)C[C@@H]3C(=O)O)c2c1. The first-order valence-electron chi connectivity index (χ1n) is 11.9. The first kappa shape index (κ1) is 26.2. The maximum absolute atomic E-state index is 12.1. The number of hydrogen-bond acceptors (Lipinski definition) is 5. The third-order valence-electron chi connectivity index (χ3n) is 6.77. The molecule has 1 aliphatic rings. The summed E-state index contributed by atoms with van der Waals surface area (Å²) in [5.74, 6) is 5.50. The molecule has 8 heteroatoms. The molecule has 0 saturated carbocycles. The third-order valence-corrected chi connectivity index (χ3v) is 7.31. The first-order valence-corrected chi connectivity index (χ1v) is 12.6. The van der Waals surface area contributed by atoms with E-state index < -0.39 is 18.0 Å². The van der Waals surface area contributed by atoms with Gasteiger partial charge in [0.15, 0.2) is 0 Å². The molecule has 0 unspecified atom stereocenters. The average Bonchev–Trinajstić information content (AvgIpc) is 2.88. The largest absolute Gasteiger partial charge is 0.497 e. The van der Waals surface area contributed by atoms with Crippen LogP contribution in [-0.2, 0) is 4.79 Å². The number of carbonyl (C=O) groups is 1. The van der Waals surface area contributed by atoms with E-state index in [0.29, 0.717) is 47.3 Å². The van der Waals surface area contributed by atoms with Crippen LogP contribution >= 0.6 is 23.2 Å². The Morgan fingerprint density at radius 2 is 2.08 bits per heavy atom. The fourth-order valence-corrected chi connectivity index (χ4v) is 5.22. The van der Waals surface area contributed by atoms with Gasteiger partial charge in [-0.3, -0.25) is 14.7 Å². The Labute approximate surface area is 220 Å². The van der Waals surface area contributed by atoms with Crippen molar-refractivity contribution in [3.63, 3.8) is 0 Å². The molecule has 1 aromatic heterocycles. The molecule has 0 spiro atoms. The summed E-state index contributed by atoms with van der Waals surface area (Å²) in [5.41, 5.74) is 2.25. The number of hydrogen-bond donors (Lipinski definition) is 2. The number of methoxy groups -OCH3 is 1. The van der Waals surface area contributed by atoms with Gasteiger partial charge >= 0.3 is 5.97 Å². The number of aliphatic hydroxyl groups excluding tert-OH is 1. The van der Waals surface area contributed by atoms with E-state index in [9.17, 15) is 15.0 Å². The highest BCUT2D eigenvalue weighted by Gasteiger charge is 2.34. The van der Waals surface area contributed by atoms with Gasteiger partial charge in [-0.1, -0.05) is 35.0 Å². The highest BCUT2D eigenvalue weighted by Crippen LogP contribution is 2.33. The number of benzene rings is 2. The van der Waals surface area contributed by atoms with Crippen molar-refractivity contribution >= 4 is 40.1 Å². The predicted octanol–water partition coefficient (Wildman–Crippen LogP) is 5.44. The number of likely N-dealkylation sites (tertiary alicyclic amines) is 1. The van der Waals surface area contributed by atoms with Gasteiger partial charge in [0.05, 0.1) is 36.2 Å². The standard InChI is InChI=1S/C28H28Cl2N2O4/c1-36-21-7-8-26-23(16-21)22(10-12-31-26)27(33)9-5-18-11-14-32(17-24(18)28(34)35)13-2-3-19-4-6-20(29)15-25(19)30/h4,6-8,10,12,15-16,18,24,27,33H,5,9,11,13-14,17H2,1H3,(H,34,35)/t18-,24+,27+/m1/s1. The Balaban J connectivity index is 1.38. The molecule has 36 heavy (non-hydrogen) atoms. The second-order valence-corrected chi connectivity index (χ2v) is 9.87. The maximum atomic E-state index is 12.1. The summed E-state index contributed by atoms with van der Waals surface area (Å²) < 4.78 is 5.33. The Morgan fingerprint density at radius 3 is 2.83 bits per heavy atom. The quantitative estimate of drug-likeness (QED) is 0.399. The predicted molar refractivity (Wildman–Crippen MR) is 142 cm³/mol. The summed E-state index contributed by atoms with van der Waals surface area (Å²) in [7, 11) is 1.60. The van der Waals surface area contributed by atoms with Crippen LogP contribution in [0.4, 0.5) is 0 Å². The van der Waals surface area contributed by atoms with E-state index in [1.54, 1.807) is 31.5 Å². The lowest BCUT2D eigenvalue weighted by atomic mass is 9.81. The Hall–Kier alpha value is -2.82. The number of rotatable bonds is 7. The summed E-state index contributed by atoms with van der Waals surface area (Å²) >= 11 is 12.1. The van der Waals surface area contributed by atoms with Crippen LogP contribution in [0.2, 0.25) is 10.0 Å². The fourth-order valence-electron chi connectivity index (χ4n) is 4.77. The Kier molecular flexibility index (Phi) is 8.71. The van der Waals surface area contributed by atoms with Gasteiger partial charge in [0.1, 0.15) is 5.75 Å². The molecule has 3 aromatic rings. The van der Waals surface area contributed by atoms with Crippen molar-refractivity contribution < 1.29 is 19.7 Å². The topological polar surface area (TPSA) is 82.9 Å². The van der Waals surface area contributed by atoms with Crippen molar-refractivity contribution in [1.29, 1.82) is 0 Å². The second kappa shape index (κ2) is 11.9. The number of carboxylic acid groups (broad SMARTS) is 1. The summed E-state index contributed by atoms with van der Waals surface area (Å²) in [6, 6.07) is 12.6. The third kappa shape index (κ3) is 6.29. The van der Waals surface area contributed by atoms with Gasteiger partial charge in [0.2, 0.25) is 0 Å². The lowest BCUT2D eigenvalue weighted by molar-refractivity contribution is -0.146. The molecule has 2 heterocycles. The van der Waals surface area contributed by atoms with Crippen LogP contribution in [0.5, 0.6) is 5.75 Å². The fraction of sp³-hybridized carbons (Fsp3) is 0.357. The zero-order valence-corrected chi connectivity index (χ0v) is 21.5. The molecule has 1 saturated heterocycles. The van der Waals surface area contributed by atoms with Crippen molar-refractivity contribution in [2.75, 3.05) is 26.7 Å². The number of pyridine rings is 1. The van der Waals surface area contributed by atoms with E-state index in [-0.39, 0.29) is 5.92 Å². The van der Waals surface area contributed by atoms with Gasteiger partial charge in [0, 0.05) is 28.7 Å². The molecular weight excluding hydrogens is 499 g/mol. The van der Waals surface area contributed by atoms with E-state index in [1.807, 2.05) is 24.3 Å². The molecule has 0 bridgehead atoms. The molecule has 188 valence electrons. The summed E-state index contributed by atoms with van der Waals surface area (Å²) in [6.45, 7) is 1.64. The van der Waals surface area contributed by atoms with Gasteiger partial charge in [-0.2, -0.15) is 0 Å². The molecule has 1 aliphatic heterocycles. The maximum Gasteiger partial charge on any atom is 0.308 e. The Morgan fingerprint density at radius 1 is 1.25 bits per heavy atom. The number of carboxylic acids is 1. The lowest BCUT2D eigenvalue weighted by Crippen LogP contribution is -2.44. The van der Waals surface area contributed by atoms with Crippen LogP contribution in [0.25, 0.3) is 10.9 Å². The minimum absolute atomic E-state index is 0.0188. The number of aliphatic hydroxyl groups is 1. The van der Waals surface area contributed by atoms with E-state index in [1.165, 1.54) is 0 Å². The minimum Gasteiger partial charge on any atom is -0.497 e. The number of piperidine rings is 1. The molecule has 2 aromatic carbocycles. The number of aromatic nitrogens is 1. The highest BCUT2D eigenvalue weighted by atomic mass is 35.5. The van der Waals surface area contributed by atoms with Crippen molar-refractivity contribution in [1.82, 2.24) is 9.88 Å². The van der Waals surface area contributed by atoms with Crippen molar-refractivity contribution in [3.8, 4) is 17.6 Å². The zero-order valence-electron chi connectivity index (χ0n) is 20.0. The van der Waals surface area contributed by atoms with Gasteiger partial charge in [-0.05, 0) is 79.8 Å². The second-order valence-electron chi connectivity index (χ2n) is 9.03. The molecular formula is C28H28Cl2N2O4. The van der Waals surface area contributed by atoms with Crippen LogP contribution in [-0.4, -0.2) is 52.8 Å². The average molecular weight is 527 g/mol. The van der Waals surface area contributed by atoms with E-state index in [0.717, 1.165) is 29.4 Å². The highest BCUT2D eigenvalue weighted by molar-refractivity contribution is 6.35. The van der Waals surface area contributed by atoms with Crippen LogP contribution in [0.1, 0.15) is 36.5 Å². The molecule has 0 amide bonds. The summed E-state index contributed by atoms with van der Waals surface area (Å²) in [5, 5.41) is 22.8. The van der Waals surface area contributed by atoms with Crippen molar-refractivity contribution in [2.24, 2.45) is 11.8 Å². The molecule has 6 nitrogen and oxygen atoms in total. The van der Waals surface area contributed by atoms with Crippen LogP contribution in [0, 0.1) is 23.7 Å². The summed E-state index contributed by atoms with van der Waals surface area (Å²) in [6.07, 6.45) is 2.79. The van der Waals surface area contributed by atoms with Crippen molar-refractivity contribution in [3.05, 3.63) is 69.8 Å². The van der Waals surface area contributed by atoms with Crippen LogP contribution in [0.3, 0.4) is 0 Å². The molecule has 0 aliphatic carbocycles. The Bertz CT molecular complexity index is 1300. The van der Waals surface area contributed by atoms with Gasteiger partial charge < -0.3 is 14.9 Å². The van der Waals surface area contributed by atoms with E-state index >= 15 is 0 Å². The van der Waals surface area contributed by atoms with Gasteiger partial charge in [0.25, 0.3) is 0 Å². The van der Waals surface area contributed by atoms with Crippen LogP contribution < -0.4 is 4.74 Å².